The summed E-state index contributed by atoms with van der Waals surface area (Å²) < 4.78 is 5.72. The van der Waals surface area contributed by atoms with Crippen molar-refractivity contribution in [1.82, 2.24) is 5.32 Å². The van der Waals surface area contributed by atoms with E-state index in [1.807, 2.05) is 54.6 Å². The fraction of sp³-hybridized carbons (Fsp3) is 0.222. The van der Waals surface area contributed by atoms with E-state index in [0.29, 0.717) is 19.4 Å². The van der Waals surface area contributed by atoms with Gasteiger partial charge in [0.15, 0.2) is 0 Å². The molecule has 112 valence electrons. The van der Waals surface area contributed by atoms with Gasteiger partial charge >= 0.3 is 0 Å². The third kappa shape index (κ3) is 3.34. The van der Waals surface area contributed by atoms with Gasteiger partial charge in [-0.25, -0.2) is 0 Å². The minimum absolute atomic E-state index is 0.191. The molecule has 0 aliphatic carbocycles. The van der Waals surface area contributed by atoms with Crippen molar-refractivity contribution in [3.63, 3.8) is 0 Å². The average molecular weight is 295 g/mol. The zero-order valence-corrected chi connectivity index (χ0v) is 12.1. The van der Waals surface area contributed by atoms with Gasteiger partial charge in [-0.3, -0.25) is 14.9 Å². The number of rotatable bonds is 4. The van der Waals surface area contributed by atoms with Crippen LogP contribution in [0.15, 0.2) is 54.6 Å². The molecule has 0 bridgehead atoms. The van der Waals surface area contributed by atoms with Crippen molar-refractivity contribution in [2.24, 2.45) is 0 Å². The summed E-state index contributed by atoms with van der Waals surface area (Å²) >= 11 is 0. The second-order valence-corrected chi connectivity index (χ2v) is 5.35. The highest BCUT2D eigenvalue weighted by molar-refractivity contribution is 6.00. The van der Waals surface area contributed by atoms with Gasteiger partial charge in [-0.1, -0.05) is 42.5 Å². The number of nitrogens with one attached hydrogen (secondary N) is 1. The van der Waals surface area contributed by atoms with Gasteiger partial charge in [-0.2, -0.15) is 0 Å². The van der Waals surface area contributed by atoms with E-state index in [-0.39, 0.29) is 17.7 Å². The minimum atomic E-state index is -0.249. The molecule has 1 unspecified atom stereocenters. The highest BCUT2D eigenvalue weighted by atomic mass is 16.5. The summed E-state index contributed by atoms with van der Waals surface area (Å²) in [6.07, 6.45) is 0.956. The van der Waals surface area contributed by atoms with Crippen LogP contribution >= 0.6 is 0 Å². The third-order valence-corrected chi connectivity index (χ3v) is 3.77. The van der Waals surface area contributed by atoms with Crippen LogP contribution in [0.2, 0.25) is 0 Å². The van der Waals surface area contributed by atoms with E-state index in [1.165, 1.54) is 0 Å². The summed E-state index contributed by atoms with van der Waals surface area (Å²) in [4.78, 5) is 23.0. The van der Waals surface area contributed by atoms with Crippen molar-refractivity contribution in [1.29, 1.82) is 0 Å². The summed E-state index contributed by atoms with van der Waals surface area (Å²) in [5, 5.41) is 2.38. The summed E-state index contributed by atoms with van der Waals surface area (Å²) in [5.41, 5.74) is 2.02. The molecule has 1 aliphatic heterocycles. The predicted octanol–water partition coefficient (Wildman–Crippen LogP) is 2.79. The van der Waals surface area contributed by atoms with Crippen LogP contribution in [-0.2, 0) is 16.2 Å². The number of hydrogen-bond donors (Lipinski definition) is 1. The Morgan fingerprint density at radius 1 is 1.00 bits per heavy atom. The van der Waals surface area contributed by atoms with E-state index >= 15 is 0 Å². The molecule has 0 radical (unpaired) electrons. The quantitative estimate of drug-likeness (QED) is 0.882. The van der Waals surface area contributed by atoms with Crippen LogP contribution in [0.3, 0.4) is 0 Å². The van der Waals surface area contributed by atoms with Gasteiger partial charge in [0, 0.05) is 6.42 Å². The van der Waals surface area contributed by atoms with Crippen molar-refractivity contribution < 1.29 is 14.3 Å². The molecule has 22 heavy (non-hydrogen) atoms. The van der Waals surface area contributed by atoms with Crippen LogP contribution in [0.1, 0.15) is 29.9 Å². The molecular weight excluding hydrogens is 278 g/mol. The number of imide groups is 1. The molecule has 2 aromatic rings. The number of carbonyl (C=O) groups excluding carboxylic acids is 2. The second-order valence-electron chi connectivity index (χ2n) is 5.35. The van der Waals surface area contributed by atoms with Crippen LogP contribution in [0.5, 0.6) is 5.75 Å². The first kappa shape index (κ1) is 14.3. The molecule has 1 saturated heterocycles. The van der Waals surface area contributed by atoms with E-state index in [0.717, 1.165) is 16.9 Å². The topological polar surface area (TPSA) is 55.4 Å². The van der Waals surface area contributed by atoms with Crippen LogP contribution in [0.4, 0.5) is 0 Å². The standard InChI is InChI=1S/C18H17NO3/c20-17-11-10-16(18(21)19-17)14-6-8-15(9-7-14)22-12-13-4-2-1-3-5-13/h1-9,16H,10-12H2,(H,19,20,21). The normalized spacial score (nSPS) is 17.9. The smallest absolute Gasteiger partial charge is 0.234 e. The fourth-order valence-electron chi connectivity index (χ4n) is 2.55. The van der Waals surface area contributed by atoms with Gasteiger partial charge in [-0.05, 0) is 29.7 Å². The first-order valence-corrected chi connectivity index (χ1v) is 7.33. The van der Waals surface area contributed by atoms with Crippen molar-refractivity contribution >= 4 is 11.8 Å². The number of benzene rings is 2. The molecule has 1 aliphatic rings. The lowest BCUT2D eigenvalue weighted by atomic mass is 9.90. The summed E-state index contributed by atoms with van der Waals surface area (Å²) in [7, 11) is 0. The van der Waals surface area contributed by atoms with E-state index in [9.17, 15) is 9.59 Å². The molecule has 1 heterocycles. The molecule has 3 rings (SSSR count). The fourth-order valence-corrected chi connectivity index (χ4v) is 2.55. The molecule has 1 atom stereocenters. The average Bonchev–Trinajstić information content (AvgIpc) is 2.55. The largest absolute Gasteiger partial charge is 0.489 e. The molecule has 4 heteroatoms. The Kier molecular flexibility index (Phi) is 4.19. The molecule has 0 aromatic heterocycles. The maximum atomic E-state index is 11.8. The van der Waals surface area contributed by atoms with E-state index < -0.39 is 0 Å². The molecular formula is C18H17NO3. The molecule has 2 amide bonds. The van der Waals surface area contributed by atoms with Gasteiger partial charge < -0.3 is 4.74 Å². The Labute approximate surface area is 129 Å². The third-order valence-electron chi connectivity index (χ3n) is 3.77. The van der Waals surface area contributed by atoms with Crippen molar-refractivity contribution in [2.75, 3.05) is 0 Å². The molecule has 1 N–H and O–H groups in total. The maximum Gasteiger partial charge on any atom is 0.234 e. The summed E-state index contributed by atoms with van der Waals surface area (Å²) in [6, 6.07) is 17.5. The minimum Gasteiger partial charge on any atom is -0.489 e. The van der Waals surface area contributed by atoms with Gasteiger partial charge in [0.25, 0.3) is 0 Å². The number of piperidine rings is 1. The molecule has 0 spiro atoms. The SMILES string of the molecule is O=C1CCC(c2ccc(OCc3ccccc3)cc2)C(=O)N1. The maximum absolute atomic E-state index is 11.8. The van der Waals surface area contributed by atoms with Gasteiger partial charge in [0.05, 0.1) is 5.92 Å². The van der Waals surface area contributed by atoms with Crippen LogP contribution < -0.4 is 10.1 Å². The van der Waals surface area contributed by atoms with Crippen molar-refractivity contribution in [3.8, 4) is 5.75 Å². The zero-order chi connectivity index (χ0) is 15.4. The molecule has 0 saturated carbocycles. The first-order chi connectivity index (χ1) is 10.7. The Bertz CT molecular complexity index is 664. The zero-order valence-electron chi connectivity index (χ0n) is 12.1. The van der Waals surface area contributed by atoms with E-state index in [4.69, 9.17) is 4.74 Å². The Hall–Kier alpha value is -2.62. The lowest BCUT2D eigenvalue weighted by molar-refractivity contribution is -0.134. The highest BCUT2D eigenvalue weighted by Crippen LogP contribution is 2.26. The second kappa shape index (κ2) is 6.43. The monoisotopic (exact) mass is 295 g/mol. The Morgan fingerprint density at radius 3 is 2.41 bits per heavy atom. The summed E-state index contributed by atoms with van der Waals surface area (Å²) in [6.45, 7) is 0.513. The molecule has 4 nitrogen and oxygen atoms in total. The molecule has 2 aromatic carbocycles. The summed E-state index contributed by atoms with van der Waals surface area (Å²) in [5.74, 6) is 0.110. The number of carbonyl (C=O) groups is 2. The van der Waals surface area contributed by atoms with E-state index in [1.54, 1.807) is 0 Å². The van der Waals surface area contributed by atoms with E-state index in [2.05, 4.69) is 5.32 Å². The van der Waals surface area contributed by atoms with Gasteiger partial charge in [0.2, 0.25) is 11.8 Å². The number of amides is 2. The van der Waals surface area contributed by atoms with Gasteiger partial charge in [0.1, 0.15) is 12.4 Å². The van der Waals surface area contributed by atoms with Crippen LogP contribution in [0.25, 0.3) is 0 Å². The van der Waals surface area contributed by atoms with Crippen molar-refractivity contribution in [2.45, 2.75) is 25.4 Å². The predicted molar refractivity (Wildman–Crippen MR) is 82.3 cm³/mol. The lowest BCUT2D eigenvalue weighted by Gasteiger charge is -2.21. The Balaban J connectivity index is 1.63. The highest BCUT2D eigenvalue weighted by Gasteiger charge is 2.27. The number of hydrogen-bond acceptors (Lipinski definition) is 3. The first-order valence-electron chi connectivity index (χ1n) is 7.33. The number of ether oxygens (including phenoxy) is 1. The van der Waals surface area contributed by atoms with Gasteiger partial charge in [-0.15, -0.1) is 0 Å². The lowest BCUT2D eigenvalue weighted by Crippen LogP contribution is -2.39. The van der Waals surface area contributed by atoms with Crippen molar-refractivity contribution in [3.05, 3.63) is 65.7 Å². The van der Waals surface area contributed by atoms with Crippen LogP contribution in [-0.4, -0.2) is 11.8 Å². The molecule has 1 fully saturated rings. The van der Waals surface area contributed by atoms with Crippen LogP contribution in [0, 0.1) is 0 Å². The Morgan fingerprint density at radius 2 is 1.73 bits per heavy atom.